The standard InChI is InChI=1S/C16H19N3O5S/c1-16(2)11(15(23)24)19-13(22)10(14(19)25-16)18-12(21)9(17)7-3-5-8(20)6-4-7/h3-6,9-11,14,20H,17H2,1-2H3,(H,18,21)(H,23,24)/t9-,10?,11+,14-/m0/s1. The zero-order valence-corrected chi connectivity index (χ0v) is 14.5. The van der Waals surface area contributed by atoms with Crippen molar-refractivity contribution in [1.82, 2.24) is 10.2 Å². The summed E-state index contributed by atoms with van der Waals surface area (Å²) in [5.41, 5.74) is 6.41. The number of nitrogens with two attached hydrogens (primary N) is 1. The molecule has 3 rings (SSSR count). The van der Waals surface area contributed by atoms with E-state index in [2.05, 4.69) is 5.32 Å². The van der Waals surface area contributed by atoms with Crippen LogP contribution in [0.5, 0.6) is 5.75 Å². The van der Waals surface area contributed by atoms with Crippen LogP contribution in [0, 0.1) is 0 Å². The molecule has 0 aromatic heterocycles. The number of β-lactam (4-membered cyclic amide) rings is 1. The van der Waals surface area contributed by atoms with Gasteiger partial charge in [-0.1, -0.05) is 12.1 Å². The van der Waals surface area contributed by atoms with Crippen molar-refractivity contribution in [2.45, 2.75) is 42.1 Å². The smallest absolute Gasteiger partial charge is 0.327 e. The fourth-order valence-corrected chi connectivity index (χ4v) is 4.85. The normalized spacial score (nSPS) is 28.0. The van der Waals surface area contributed by atoms with Gasteiger partial charge in [-0.3, -0.25) is 9.59 Å². The highest BCUT2D eigenvalue weighted by Crippen LogP contribution is 2.50. The third-order valence-corrected chi connectivity index (χ3v) is 6.08. The number of phenolic OH excluding ortho intramolecular Hbond substituents is 1. The molecule has 2 aliphatic heterocycles. The van der Waals surface area contributed by atoms with Gasteiger partial charge in [0.2, 0.25) is 11.8 Å². The van der Waals surface area contributed by atoms with Gasteiger partial charge < -0.3 is 26.2 Å². The summed E-state index contributed by atoms with van der Waals surface area (Å²) < 4.78 is -0.648. The Hall–Kier alpha value is -2.26. The lowest BCUT2D eigenvalue weighted by molar-refractivity contribution is -0.161. The molecule has 1 aromatic carbocycles. The monoisotopic (exact) mass is 365 g/mol. The van der Waals surface area contributed by atoms with Crippen LogP contribution in [0.4, 0.5) is 0 Å². The van der Waals surface area contributed by atoms with E-state index in [0.29, 0.717) is 5.56 Å². The molecule has 2 amide bonds. The van der Waals surface area contributed by atoms with Gasteiger partial charge >= 0.3 is 5.97 Å². The Kier molecular flexibility index (Phi) is 4.16. The molecule has 2 heterocycles. The lowest BCUT2D eigenvalue weighted by atomic mass is 9.95. The van der Waals surface area contributed by atoms with Gasteiger partial charge in [0.25, 0.3) is 0 Å². The van der Waals surface area contributed by atoms with Gasteiger partial charge in [0.05, 0.1) is 0 Å². The summed E-state index contributed by atoms with van der Waals surface area (Å²) in [5, 5.41) is 20.9. The summed E-state index contributed by atoms with van der Waals surface area (Å²) in [6, 6.07) is 3.21. The summed E-state index contributed by atoms with van der Waals surface area (Å²) in [6.45, 7) is 3.53. The molecule has 1 unspecified atom stereocenters. The Morgan fingerprint density at radius 1 is 1.32 bits per heavy atom. The number of carbonyl (C=O) groups excluding carboxylic acids is 2. The Labute approximate surface area is 148 Å². The second kappa shape index (κ2) is 5.92. The van der Waals surface area contributed by atoms with Crippen LogP contribution in [0.15, 0.2) is 24.3 Å². The first kappa shape index (κ1) is 17.6. The number of nitrogens with zero attached hydrogens (tertiary/aromatic N) is 1. The Morgan fingerprint density at radius 3 is 2.48 bits per heavy atom. The summed E-state index contributed by atoms with van der Waals surface area (Å²) >= 11 is 1.35. The molecule has 0 aliphatic carbocycles. The number of hydrogen-bond acceptors (Lipinski definition) is 6. The molecule has 0 spiro atoms. The zero-order valence-electron chi connectivity index (χ0n) is 13.7. The van der Waals surface area contributed by atoms with Gasteiger partial charge in [-0.15, -0.1) is 11.8 Å². The van der Waals surface area contributed by atoms with E-state index in [1.807, 2.05) is 0 Å². The summed E-state index contributed by atoms with van der Waals surface area (Å²) in [5.74, 6) is -1.94. The highest BCUT2D eigenvalue weighted by molar-refractivity contribution is 8.01. The van der Waals surface area contributed by atoms with Crippen molar-refractivity contribution in [2.24, 2.45) is 5.73 Å². The number of carboxylic acid groups (broad SMARTS) is 1. The minimum Gasteiger partial charge on any atom is -0.508 e. The second-order valence-electron chi connectivity index (χ2n) is 6.65. The Bertz CT molecular complexity index is 736. The number of benzene rings is 1. The number of carboxylic acids is 1. The van der Waals surface area contributed by atoms with Crippen LogP contribution in [-0.4, -0.2) is 55.1 Å². The van der Waals surface area contributed by atoms with Gasteiger partial charge in [-0.05, 0) is 31.5 Å². The van der Waals surface area contributed by atoms with Crippen molar-refractivity contribution in [3.63, 3.8) is 0 Å². The highest BCUT2D eigenvalue weighted by Gasteiger charge is 2.64. The van der Waals surface area contributed by atoms with E-state index in [0.717, 1.165) is 0 Å². The van der Waals surface area contributed by atoms with Crippen molar-refractivity contribution in [2.75, 3.05) is 0 Å². The van der Waals surface area contributed by atoms with Crippen LogP contribution in [0.2, 0.25) is 0 Å². The van der Waals surface area contributed by atoms with Crippen LogP contribution in [-0.2, 0) is 14.4 Å². The largest absolute Gasteiger partial charge is 0.508 e. The average Bonchev–Trinajstić information content (AvgIpc) is 2.80. The highest BCUT2D eigenvalue weighted by atomic mass is 32.2. The number of thioether (sulfide) groups is 1. The topological polar surface area (TPSA) is 133 Å². The van der Waals surface area contributed by atoms with Gasteiger partial charge in [-0.2, -0.15) is 0 Å². The van der Waals surface area contributed by atoms with Crippen LogP contribution < -0.4 is 11.1 Å². The Morgan fingerprint density at radius 2 is 1.92 bits per heavy atom. The number of nitrogens with one attached hydrogen (secondary N) is 1. The molecule has 8 nitrogen and oxygen atoms in total. The van der Waals surface area contributed by atoms with E-state index in [9.17, 15) is 24.6 Å². The van der Waals surface area contributed by atoms with Crippen molar-refractivity contribution >= 4 is 29.5 Å². The summed E-state index contributed by atoms with van der Waals surface area (Å²) in [7, 11) is 0. The molecular formula is C16H19N3O5S. The van der Waals surface area contributed by atoms with Gasteiger partial charge in [0.1, 0.15) is 29.2 Å². The number of phenols is 1. The lowest BCUT2D eigenvalue weighted by Gasteiger charge is -2.43. The third-order valence-electron chi connectivity index (χ3n) is 4.51. The maximum absolute atomic E-state index is 12.3. The van der Waals surface area contributed by atoms with Crippen LogP contribution in [0.1, 0.15) is 25.5 Å². The molecule has 2 fully saturated rings. The minimum absolute atomic E-state index is 0.0606. The zero-order chi connectivity index (χ0) is 18.5. The second-order valence-corrected chi connectivity index (χ2v) is 8.42. The van der Waals surface area contributed by atoms with E-state index in [1.54, 1.807) is 13.8 Å². The minimum atomic E-state index is -1.06. The first-order valence-corrected chi connectivity index (χ1v) is 8.59. The molecule has 2 saturated heterocycles. The molecule has 9 heteroatoms. The van der Waals surface area contributed by atoms with E-state index in [-0.39, 0.29) is 5.75 Å². The van der Waals surface area contributed by atoms with E-state index in [1.165, 1.54) is 40.9 Å². The maximum atomic E-state index is 12.3. The molecule has 25 heavy (non-hydrogen) atoms. The molecular weight excluding hydrogens is 346 g/mol. The molecule has 1 aromatic rings. The van der Waals surface area contributed by atoms with E-state index >= 15 is 0 Å². The molecule has 5 N–H and O–H groups in total. The molecule has 0 bridgehead atoms. The van der Waals surface area contributed by atoms with Crippen LogP contribution in [0.3, 0.4) is 0 Å². The van der Waals surface area contributed by atoms with Gasteiger partial charge in [0, 0.05) is 4.75 Å². The van der Waals surface area contributed by atoms with E-state index in [4.69, 9.17) is 5.73 Å². The average molecular weight is 365 g/mol. The molecule has 0 saturated carbocycles. The van der Waals surface area contributed by atoms with Crippen molar-refractivity contribution in [1.29, 1.82) is 0 Å². The van der Waals surface area contributed by atoms with Crippen LogP contribution >= 0.6 is 11.8 Å². The lowest BCUT2D eigenvalue weighted by Crippen LogP contribution is -2.71. The number of amides is 2. The fourth-order valence-electron chi connectivity index (χ4n) is 3.22. The number of rotatable bonds is 4. The van der Waals surface area contributed by atoms with Gasteiger partial charge in [-0.25, -0.2) is 4.79 Å². The summed E-state index contributed by atoms with van der Waals surface area (Å²) in [6.07, 6.45) is 0. The third kappa shape index (κ3) is 2.83. The predicted octanol–water partition coefficient (Wildman–Crippen LogP) is 0.0237. The number of carbonyl (C=O) groups is 3. The van der Waals surface area contributed by atoms with Crippen molar-refractivity contribution < 1.29 is 24.6 Å². The predicted molar refractivity (Wildman–Crippen MR) is 90.7 cm³/mol. The SMILES string of the molecule is CC1(C)S[C@H]2C(NC(=O)[C@@H](N)c3ccc(O)cc3)C(=O)N2[C@@H]1C(=O)O. The van der Waals surface area contributed by atoms with Crippen LogP contribution in [0.25, 0.3) is 0 Å². The van der Waals surface area contributed by atoms with E-state index < -0.39 is 46.0 Å². The number of aromatic hydroxyl groups is 1. The Balaban J connectivity index is 1.70. The maximum Gasteiger partial charge on any atom is 0.327 e. The molecule has 4 atom stereocenters. The van der Waals surface area contributed by atoms with Crippen molar-refractivity contribution in [3.05, 3.63) is 29.8 Å². The fraction of sp³-hybridized carbons (Fsp3) is 0.438. The van der Waals surface area contributed by atoms with Crippen molar-refractivity contribution in [3.8, 4) is 5.75 Å². The summed E-state index contributed by atoms with van der Waals surface area (Å²) in [4.78, 5) is 37.5. The number of hydrogen-bond donors (Lipinski definition) is 4. The van der Waals surface area contributed by atoms with Gasteiger partial charge in [0.15, 0.2) is 0 Å². The number of fused-ring (bicyclic) bond motifs is 1. The molecule has 2 aliphatic rings. The quantitative estimate of drug-likeness (QED) is 0.553. The first-order valence-electron chi connectivity index (χ1n) is 7.71. The molecule has 0 radical (unpaired) electrons. The number of aliphatic carboxylic acids is 1. The first-order chi connectivity index (χ1) is 11.6. The molecule has 134 valence electrons.